The van der Waals surface area contributed by atoms with E-state index in [0.717, 1.165) is 33.1 Å². The Balaban J connectivity index is 2.04. The van der Waals surface area contributed by atoms with E-state index in [-0.39, 0.29) is 6.61 Å². The fourth-order valence-electron chi connectivity index (χ4n) is 2.65. The van der Waals surface area contributed by atoms with Gasteiger partial charge in [0.2, 0.25) is 0 Å². The van der Waals surface area contributed by atoms with Crippen LogP contribution in [0.4, 0.5) is 5.69 Å². The lowest BCUT2D eigenvalue weighted by atomic mass is 10.1. The van der Waals surface area contributed by atoms with Gasteiger partial charge in [-0.25, -0.2) is 4.99 Å². The van der Waals surface area contributed by atoms with Crippen molar-refractivity contribution in [3.8, 4) is 17.0 Å². The van der Waals surface area contributed by atoms with Gasteiger partial charge in [-0.15, -0.1) is 11.3 Å². The highest BCUT2D eigenvalue weighted by molar-refractivity contribution is 7.07. The monoisotopic (exact) mass is 354 g/mol. The van der Waals surface area contributed by atoms with Crippen LogP contribution >= 0.6 is 11.3 Å². The lowest BCUT2D eigenvalue weighted by molar-refractivity contribution is 0.275. The van der Waals surface area contributed by atoms with Gasteiger partial charge in [0.25, 0.3) is 0 Å². The van der Waals surface area contributed by atoms with Crippen LogP contribution in [0.15, 0.2) is 58.9 Å². The van der Waals surface area contributed by atoms with E-state index in [0.29, 0.717) is 13.2 Å². The molecule has 0 unspecified atom stereocenters. The van der Waals surface area contributed by atoms with Crippen LogP contribution in [0.25, 0.3) is 11.3 Å². The number of aliphatic hydroxyl groups excluding tert-OH is 1. The lowest BCUT2D eigenvalue weighted by Crippen LogP contribution is -2.18. The zero-order valence-corrected chi connectivity index (χ0v) is 15.3. The minimum absolute atomic E-state index is 0.0712. The predicted octanol–water partition coefficient (Wildman–Crippen LogP) is 4.15. The summed E-state index contributed by atoms with van der Waals surface area (Å²) in [6.45, 7) is 5.26. The molecule has 0 atom stereocenters. The van der Waals surface area contributed by atoms with E-state index in [1.807, 2.05) is 49.4 Å². The molecule has 0 radical (unpaired) electrons. The van der Waals surface area contributed by atoms with Crippen molar-refractivity contribution in [1.29, 1.82) is 0 Å². The summed E-state index contributed by atoms with van der Waals surface area (Å²) in [5.41, 5.74) is 4.22. The second-order valence-electron chi connectivity index (χ2n) is 5.63. The molecule has 4 nitrogen and oxygen atoms in total. The highest BCUT2D eigenvalue weighted by Gasteiger charge is 2.08. The Kier molecular flexibility index (Phi) is 5.68. The number of aromatic nitrogens is 1. The van der Waals surface area contributed by atoms with Gasteiger partial charge in [0, 0.05) is 11.9 Å². The zero-order valence-electron chi connectivity index (χ0n) is 14.5. The maximum atomic E-state index is 9.49. The minimum atomic E-state index is 0.0712. The van der Waals surface area contributed by atoms with E-state index >= 15 is 0 Å². The van der Waals surface area contributed by atoms with Crippen LogP contribution in [0.1, 0.15) is 12.5 Å². The van der Waals surface area contributed by atoms with Gasteiger partial charge >= 0.3 is 0 Å². The third kappa shape index (κ3) is 4.00. The molecule has 130 valence electrons. The highest BCUT2D eigenvalue weighted by atomic mass is 32.1. The number of aliphatic hydroxyl groups is 1. The van der Waals surface area contributed by atoms with Crippen LogP contribution in [-0.2, 0) is 6.54 Å². The van der Waals surface area contributed by atoms with Crippen LogP contribution < -0.4 is 9.54 Å². The SMILES string of the molecule is CCOc1ccc(-c2csc(=Nc3ccccc3C)n2CCO)cc1. The summed E-state index contributed by atoms with van der Waals surface area (Å²) >= 11 is 1.58. The number of rotatable bonds is 6. The van der Waals surface area contributed by atoms with Crippen molar-refractivity contribution in [2.45, 2.75) is 20.4 Å². The van der Waals surface area contributed by atoms with Crippen molar-refractivity contribution in [2.24, 2.45) is 4.99 Å². The Morgan fingerprint density at radius 3 is 2.56 bits per heavy atom. The van der Waals surface area contributed by atoms with Crippen molar-refractivity contribution in [3.63, 3.8) is 0 Å². The number of nitrogens with zero attached hydrogens (tertiary/aromatic N) is 2. The van der Waals surface area contributed by atoms with Crippen LogP contribution in [-0.4, -0.2) is 22.9 Å². The normalized spacial score (nSPS) is 11.7. The zero-order chi connectivity index (χ0) is 17.6. The number of ether oxygens (including phenoxy) is 1. The Labute approximate surface area is 151 Å². The molecule has 1 aromatic heterocycles. The second-order valence-corrected chi connectivity index (χ2v) is 6.47. The summed E-state index contributed by atoms with van der Waals surface area (Å²) in [5, 5.41) is 11.6. The molecule has 2 aromatic carbocycles. The first-order valence-electron chi connectivity index (χ1n) is 8.35. The van der Waals surface area contributed by atoms with Crippen LogP contribution in [0, 0.1) is 6.92 Å². The van der Waals surface area contributed by atoms with Gasteiger partial charge in [-0.3, -0.25) is 0 Å². The topological polar surface area (TPSA) is 46.8 Å². The number of thiazole rings is 1. The first kappa shape index (κ1) is 17.5. The standard InChI is InChI=1S/C20H22N2O2S/c1-3-24-17-10-8-16(9-11-17)19-14-25-20(22(19)12-13-23)21-18-7-5-4-6-15(18)2/h4-11,14,23H,3,12-13H2,1-2H3. The van der Waals surface area contributed by atoms with Gasteiger partial charge in [0.1, 0.15) is 5.75 Å². The Bertz CT molecular complexity index is 895. The molecule has 0 spiro atoms. The van der Waals surface area contributed by atoms with Gasteiger partial charge in [-0.05, 0) is 55.3 Å². The van der Waals surface area contributed by atoms with Gasteiger partial charge in [-0.2, -0.15) is 0 Å². The van der Waals surface area contributed by atoms with E-state index in [1.54, 1.807) is 11.3 Å². The third-order valence-electron chi connectivity index (χ3n) is 3.91. The Hall–Kier alpha value is -2.37. The van der Waals surface area contributed by atoms with Gasteiger partial charge in [0.05, 0.1) is 24.6 Å². The number of para-hydroxylation sites is 1. The summed E-state index contributed by atoms with van der Waals surface area (Å²) in [5.74, 6) is 0.861. The Morgan fingerprint density at radius 2 is 1.88 bits per heavy atom. The molecule has 3 rings (SSSR count). The smallest absolute Gasteiger partial charge is 0.190 e. The molecule has 25 heavy (non-hydrogen) atoms. The molecule has 0 fully saturated rings. The largest absolute Gasteiger partial charge is 0.494 e. The van der Waals surface area contributed by atoms with Crippen molar-refractivity contribution >= 4 is 17.0 Å². The molecule has 5 heteroatoms. The van der Waals surface area contributed by atoms with E-state index in [2.05, 4.69) is 22.9 Å². The van der Waals surface area contributed by atoms with Crippen LogP contribution in [0.3, 0.4) is 0 Å². The molecule has 0 saturated heterocycles. The van der Waals surface area contributed by atoms with E-state index in [1.165, 1.54) is 0 Å². The minimum Gasteiger partial charge on any atom is -0.494 e. The number of benzene rings is 2. The molecule has 0 saturated carbocycles. The summed E-state index contributed by atoms with van der Waals surface area (Å²) in [7, 11) is 0. The second kappa shape index (κ2) is 8.14. The van der Waals surface area contributed by atoms with Crippen molar-refractivity contribution in [2.75, 3.05) is 13.2 Å². The van der Waals surface area contributed by atoms with Crippen LogP contribution in [0.5, 0.6) is 5.75 Å². The third-order valence-corrected chi connectivity index (χ3v) is 4.78. The summed E-state index contributed by atoms with van der Waals surface area (Å²) in [6, 6.07) is 16.1. The van der Waals surface area contributed by atoms with E-state index in [9.17, 15) is 5.11 Å². The molecule has 0 aliphatic rings. The quantitative estimate of drug-likeness (QED) is 0.723. The molecule has 3 aromatic rings. The number of hydrogen-bond acceptors (Lipinski definition) is 4. The van der Waals surface area contributed by atoms with Crippen molar-refractivity contribution < 1.29 is 9.84 Å². The van der Waals surface area contributed by atoms with Crippen LogP contribution in [0.2, 0.25) is 0 Å². The maximum Gasteiger partial charge on any atom is 0.190 e. The van der Waals surface area contributed by atoms with E-state index in [4.69, 9.17) is 9.73 Å². The molecule has 0 aliphatic carbocycles. The molecule has 0 aliphatic heterocycles. The van der Waals surface area contributed by atoms with Crippen molar-refractivity contribution in [1.82, 2.24) is 4.57 Å². The molecular formula is C20H22N2O2S. The van der Waals surface area contributed by atoms with E-state index < -0.39 is 0 Å². The lowest BCUT2D eigenvalue weighted by Gasteiger charge is -2.09. The Morgan fingerprint density at radius 1 is 1.12 bits per heavy atom. The van der Waals surface area contributed by atoms with Gasteiger partial charge in [-0.1, -0.05) is 18.2 Å². The van der Waals surface area contributed by atoms with Crippen molar-refractivity contribution in [3.05, 3.63) is 64.3 Å². The maximum absolute atomic E-state index is 9.49. The predicted molar refractivity (Wildman–Crippen MR) is 102 cm³/mol. The summed E-state index contributed by atoms with van der Waals surface area (Å²) < 4.78 is 7.57. The summed E-state index contributed by atoms with van der Waals surface area (Å²) in [6.07, 6.45) is 0. The summed E-state index contributed by atoms with van der Waals surface area (Å²) in [4.78, 5) is 5.68. The number of aryl methyl sites for hydroxylation is 1. The first-order valence-corrected chi connectivity index (χ1v) is 9.23. The highest BCUT2D eigenvalue weighted by Crippen LogP contribution is 2.24. The molecule has 0 amide bonds. The molecular weight excluding hydrogens is 332 g/mol. The first-order chi connectivity index (χ1) is 12.2. The number of hydrogen-bond donors (Lipinski definition) is 1. The molecule has 1 N–H and O–H groups in total. The van der Waals surface area contributed by atoms with Gasteiger partial charge in [0.15, 0.2) is 4.80 Å². The molecule has 0 bridgehead atoms. The molecule has 1 heterocycles. The average Bonchev–Trinajstić information content (AvgIpc) is 3.01. The fraction of sp³-hybridized carbons (Fsp3) is 0.250. The fourth-order valence-corrected chi connectivity index (χ4v) is 3.59. The average molecular weight is 354 g/mol. The van der Waals surface area contributed by atoms with Gasteiger partial charge < -0.3 is 14.4 Å².